The quantitative estimate of drug-likeness (QED) is 0.882. The fraction of sp³-hybridized carbons (Fsp3) is 0.526. The first-order valence-electron chi connectivity index (χ1n) is 8.13. The van der Waals surface area contributed by atoms with Crippen LogP contribution < -0.4 is 5.32 Å². The van der Waals surface area contributed by atoms with E-state index in [-0.39, 0.29) is 6.03 Å². The van der Waals surface area contributed by atoms with Crippen LogP contribution in [0.15, 0.2) is 30.8 Å². The number of likely N-dealkylation sites (tertiary alicyclic amines) is 1. The van der Waals surface area contributed by atoms with Crippen LogP contribution in [-0.2, 0) is 5.54 Å². The van der Waals surface area contributed by atoms with E-state index in [4.69, 9.17) is 0 Å². The Morgan fingerprint density at radius 3 is 2.77 bits per heavy atom. The van der Waals surface area contributed by atoms with Crippen LogP contribution in [0.1, 0.15) is 51.7 Å². The van der Waals surface area contributed by atoms with Crippen molar-refractivity contribution in [3.8, 4) is 0 Å². The summed E-state index contributed by atoms with van der Waals surface area (Å²) in [7, 11) is 0. The minimum atomic E-state index is -0.400. The Kier molecular flexibility index (Phi) is 4.94. The summed E-state index contributed by atoms with van der Waals surface area (Å²) < 4.78 is 0. The van der Waals surface area contributed by atoms with Gasteiger partial charge in [-0.05, 0) is 56.7 Å². The molecule has 2 amide bonds. The summed E-state index contributed by atoms with van der Waals surface area (Å²) >= 11 is 0. The topological polar surface area (TPSA) is 32.3 Å². The Morgan fingerprint density at radius 1 is 1.41 bits per heavy atom. The highest BCUT2D eigenvalue weighted by Gasteiger charge is 2.27. The number of hydrogen-bond acceptors (Lipinski definition) is 1. The number of carbonyl (C=O) groups is 1. The van der Waals surface area contributed by atoms with Gasteiger partial charge in [0.1, 0.15) is 0 Å². The summed E-state index contributed by atoms with van der Waals surface area (Å²) in [6.07, 6.45) is 2.31. The summed E-state index contributed by atoms with van der Waals surface area (Å²) in [5, 5.41) is 3.19. The molecule has 3 nitrogen and oxygen atoms in total. The van der Waals surface area contributed by atoms with Crippen LogP contribution in [0.5, 0.6) is 0 Å². The molecular weight excluding hydrogens is 272 g/mol. The maximum atomic E-state index is 12.5. The van der Waals surface area contributed by atoms with Crippen molar-refractivity contribution in [2.45, 2.75) is 46.1 Å². The van der Waals surface area contributed by atoms with E-state index < -0.39 is 5.54 Å². The van der Waals surface area contributed by atoms with Gasteiger partial charge in [-0.1, -0.05) is 37.3 Å². The molecule has 0 unspecified atom stereocenters. The summed E-state index contributed by atoms with van der Waals surface area (Å²) in [6.45, 7) is 14.0. The molecule has 1 fully saturated rings. The SMILES string of the molecule is C=C(C)c1cccc(C(C)(C)NC(=O)N2CCC[C@H](C)C2)c1. The molecule has 1 atom stereocenters. The van der Waals surface area contributed by atoms with E-state index in [2.05, 4.69) is 50.9 Å². The average molecular weight is 300 g/mol. The highest BCUT2D eigenvalue weighted by atomic mass is 16.2. The minimum Gasteiger partial charge on any atom is -0.329 e. The van der Waals surface area contributed by atoms with E-state index >= 15 is 0 Å². The van der Waals surface area contributed by atoms with Gasteiger partial charge in [-0.3, -0.25) is 0 Å². The number of benzene rings is 1. The van der Waals surface area contributed by atoms with Gasteiger partial charge in [-0.2, -0.15) is 0 Å². The molecule has 0 spiro atoms. The minimum absolute atomic E-state index is 0.0391. The number of rotatable bonds is 3. The smallest absolute Gasteiger partial charge is 0.318 e. The van der Waals surface area contributed by atoms with E-state index in [1.54, 1.807) is 0 Å². The summed E-state index contributed by atoms with van der Waals surface area (Å²) in [4.78, 5) is 14.5. The number of carbonyl (C=O) groups excluding carboxylic acids is 1. The molecule has 0 aromatic heterocycles. The van der Waals surface area contributed by atoms with Gasteiger partial charge in [0, 0.05) is 13.1 Å². The highest BCUT2D eigenvalue weighted by molar-refractivity contribution is 5.75. The second kappa shape index (κ2) is 6.55. The fourth-order valence-electron chi connectivity index (χ4n) is 2.97. The van der Waals surface area contributed by atoms with Gasteiger partial charge in [0.15, 0.2) is 0 Å². The molecule has 1 aromatic rings. The van der Waals surface area contributed by atoms with Crippen molar-refractivity contribution >= 4 is 11.6 Å². The molecule has 120 valence electrons. The van der Waals surface area contributed by atoms with Crippen LogP contribution >= 0.6 is 0 Å². The lowest BCUT2D eigenvalue weighted by molar-refractivity contribution is 0.160. The lowest BCUT2D eigenvalue weighted by Gasteiger charge is -2.35. The van der Waals surface area contributed by atoms with Crippen LogP contribution in [0.4, 0.5) is 4.79 Å². The molecular formula is C19H28N2O. The van der Waals surface area contributed by atoms with E-state index in [0.717, 1.165) is 36.2 Å². The zero-order valence-corrected chi connectivity index (χ0v) is 14.3. The lowest BCUT2D eigenvalue weighted by Crippen LogP contribution is -2.51. The number of hydrogen-bond donors (Lipinski definition) is 1. The van der Waals surface area contributed by atoms with E-state index in [1.165, 1.54) is 6.42 Å². The van der Waals surface area contributed by atoms with Crippen molar-refractivity contribution in [2.24, 2.45) is 5.92 Å². The van der Waals surface area contributed by atoms with Crippen LogP contribution in [0.25, 0.3) is 5.57 Å². The number of piperidine rings is 1. The monoisotopic (exact) mass is 300 g/mol. The number of allylic oxidation sites excluding steroid dienone is 1. The van der Waals surface area contributed by atoms with Crippen molar-refractivity contribution in [3.63, 3.8) is 0 Å². The Bertz CT molecular complexity index is 562. The molecule has 1 heterocycles. The van der Waals surface area contributed by atoms with Crippen molar-refractivity contribution in [2.75, 3.05) is 13.1 Å². The van der Waals surface area contributed by atoms with Crippen LogP contribution in [0.3, 0.4) is 0 Å². The van der Waals surface area contributed by atoms with Gasteiger partial charge in [0.05, 0.1) is 5.54 Å². The van der Waals surface area contributed by atoms with E-state index in [1.807, 2.05) is 17.9 Å². The third-order valence-corrected chi connectivity index (χ3v) is 4.44. The molecule has 1 saturated heterocycles. The van der Waals surface area contributed by atoms with Gasteiger partial charge >= 0.3 is 6.03 Å². The molecule has 0 bridgehead atoms. The van der Waals surface area contributed by atoms with Gasteiger partial charge in [-0.15, -0.1) is 0 Å². The van der Waals surface area contributed by atoms with Crippen LogP contribution in [-0.4, -0.2) is 24.0 Å². The third kappa shape index (κ3) is 3.90. The Balaban J connectivity index is 2.11. The van der Waals surface area contributed by atoms with Crippen molar-refractivity contribution < 1.29 is 4.79 Å². The summed E-state index contributed by atoms with van der Waals surface area (Å²) in [5.74, 6) is 0.592. The van der Waals surface area contributed by atoms with Crippen molar-refractivity contribution in [1.82, 2.24) is 10.2 Å². The predicted octanol–water partition coefficient (Wildman–Crippen LogP) is 4.40. The number of amides is 2. The second-order valence-electron chi connectivity index (χ2n) is 7.11. The number of nitrogens with zero attached hydrogens (tertiary/aromatic N) is 1. The Morgan fingerprint density at radius 2 is 2.14 bits per heavy atom. The molecule has 3 heteroatoms. The maximum absolute atomic E-state index is 12.5. The van der Waals surface area contributed by atoms with Gasteiger partial charge in [0.2, 0.25) is 0 Å². The maximum Gasteiger partial charge on any atom is 0.318 e. The normalized spacial score (nSPS) is 18.9. The van der Waals surface area contributed by atoms with E-state index in [0.29, 0.717) is 5.92 Å². The molecule has 1 aromatic carbocycles. The first-order valence-corrected chi connectivity index (χ1v) is 8.13. The average Bonchev–Trinajstić information content (AvgIpc) is 2.47. The molecule has 0 aliphatic carbocycles. The zero-order chi connectivity index (χ0) is 16.3. The van der Waals surface area contributed by atoms with Crippen molar-refractivity contribution in [3.05, 3.63) is 42.0 Å². The summed E-state index contributed by atoms with van der Waals surface area (Å²) in [5.41, 5.74) is 2.86. The molecule has 1 aliphatic heterocycles. The van der Waals surface area contributed by atoms with Gasteiger partial charge < -0.3 is 10.2 Å². The predicted molar refractivity (Wildman–Crippen MR) is 92.7 cm³/mol. The van der Waals surface area contributed by atoms with Gasteiger partial charge in [-0.25, -0.2) is 4.79 Å². The molecule has 1 N–H and O–H groups in total. The first-order chi connectivity index (χ1) is 10.3. The fourth-order valence-corrected chi connectivity index (χ4v) is 2.97. The third-order valence-electron chi connectivity index (χ3n) is 4.44. The molecule has 1 aliphatic rings. The number of nitrogens with one attached hydrogen (secondary N) is 1. The first kappa shape index (κ1) is 16.6. The highest BCUT2D eigenvalue weighted by Crippen LogP contribution is 2.24. The van der Waals surface area contributed by atoms with Crippen LogP contribution in [0, 0.1) is 5.92 Å². The Labute approximate surface area is 134 Å². The molecule has 2 rings (SSSR count). The van der Waals surface area contributed by atoms with Crippen LogP contribution in [0.2, 0.25) is 0 Å². The van der Waals surface area contributed by atoms with Crippen molar-refractivity contribution in [1.29, 1.82) is 0 Å². The largest absolute Gasteiger partial charge is 0.329 e. The number of urea groups is 1. The van der Waals surface area contributed by atoms with Gasteiger partial charge in [0.25, 0.3) is 0 Å². The standard InChI is InChI=1S/C19H28N2O/c1-14(2)16-9-6-10-17(12-16)19(4,5)20-18(22)21-11-7-8-15(3)13-21/h6,9-10,12,15H,1,7-8,11,13H2,2-5H3,(H,20,22)/t15-/m0/s1. The summed E-state index contributed by atoms with van der Waals surface area (Å²) in [6, 6.07) is 8.29. The lowest BCUT2D eigenvalue weighted by atomic mass is 9.91. The molecule has 0 saturated carbocycles. The molecule has 22 heavy (non-hydrogen) atoms. The Hall–Kier alpha value is -1.77. The second-order valence-corrected chi connectivity index (χ2v) is 7.11. The molecule has 0 radical (unpaired) electrons. The van der Waals surface area contributed by atoms with E-state index in [9.17, 15) is 4.79 Å². The zero-order valence-electron chi connectivity index (χ0n) is 14.3.